The lowest BCUT2D eigenvalue weighted by Crippen LogP contribution is -2.82. The molecule has 4 N–H and O–H groups in total. The zero-order chi connectivity index (χ0) is 47.2. The molecule has 1 aliphatic heterocycles. The van der Waals surface area contributed by atoms with E-state index >= 15 is 4.79 Å². The predicted molar refractivity (Wildman–Crippen MR) is 223 cm³/mol. The van der Waals surface area contributed by atoms with Gasteiger partial charge in [-0.1, -0.05) is 69.3 Å². The Morgan fingerprint density at radius 2 is 1.56 bits per heavy atom. The van der Waals surface area contributed by atoms with E-state index in [4.69, 9.17) is 28.4 Å². The second-order valence-electron chi connectivity index (χ2n) is 19.1. The number of carbonyl (C=O) groups excluding carboxylic acids is 6. The first-order valence-electron chi connectivity index (χ1n) is 21.6. The van der Waals surface area contributed by atoms with Crippen molar-refractivity contribution in [1.29, 1.82) is 0 Å². The van der Waals surface area contributed by atoms with Crippen molar-refractivity contribution in [2.75, 3.05) is 13.2 Å². The number of ether oxygens (including phenoxy) is 6. The van der Waals surface area contributed by atoms with Gasteiger partial charge in [-0.05, 0) is 52.3 Å². The first-order chi connectivity index (χ1) is 29.9. The molecule has 6 rings (SSSR count). The standard InChI is InChI=1S/C47H59NO16/c1-9-60-46-24-59-30(46)22-29(49)45(8)37(46)39(63-40(55)27-18-14-11-15-19-27)47(58)23-28(25(2)33(44(47,6)7)35(53)38(45)54)61-41(56)36(62-32(52)21-20-31(50)51)34(26-16-12-10-13-17-26)48-42(57)64-43(3,4)5/h10-19,25,28-30,33-34,36-37,39,49,58H,9,20-24H2,1-8H3,(H,48,57)(H,50,51)/t25?,28-,29-,30+,33?,34-,36+,37?,39-,45+,46-,47+/m0/s1. The van der Waals surface area contributed by atoms with Crippen molar-refractivity contribution in [2.45, 2.75) is 134 Å². The molecule has 0 spiro atoms. The number of alkyl carbamates (subject to hydrolysis) is 1. The van der Waals surface area contributed by atoms with Crippen LogP contribution in [-0.4, -0.2) is 117 Å². The lowest BCUT2D eigenvalue weighted by Gasteiger charge is -2.68. The molecule has 1 heterocycles. The van der Waals surface area contributed by atoms with Crippen molar-refractivity contribution in [3.63, 3.8) is 0 Å². The zero-order valence-electron chi connectivity index (χ0n) is 37.4. The third kappa shape index (κ3) is 8.66. The Kier molecular flexibility index (Phi) is 13.5. The first kappa shape index (κ1) is 48.2. The van der Waals surface area contributed by atoms with Gasteiger partial charge >= 0.3 is 30.0 Å². The normalized spacial score (nSPS) is 32.7. The highest BCUT2D eigenvalue weighted by molar-refractivity contribution is 6.40. The summed E-state index contributed by atoms with van der Waals surface area (Å²) < 4.78 is 36.1. The van der Waals surface area contributed by atoms with E-state index in [0.29, 0.717) is 0 Å². The summed E-state index contributed by atoms with van der Waals surface area (Å²) >= 11 is 0. The van der Waals surface area contributed by atoms with Crippen LogP contribution >= 0.6 is 0 Å². The van der Waals surface area contributed by atoms with Gasteiger partial charge in [0.2, 0.25) is 17.7 Å². The van der Waals surface area contributed by atoms with Crippen LogP contribution in [0.2, 0.25) is 0 Å². The topological polar surface area (TPSA) is 248 Å². The molecule has 2 aromatic carbocycles. The van der Waals surface area contributed by atoms with Gasteiger partial charge in [0.05, 0.1) is 42.6 Å². The molecular weight excluding hydrogens is 835 g/mol. The van der Waals surface area contributed by atoms with E-state index in [-0.39, 0.29) is 30.8 Å². The van der Waals surface area contributed by atoms with Crippen LogP contribution in [0.1, 0.15) is 103 Å². The number of benzene rings is 2. The Bertz CT molecular complexity index is 2120. The van der Waals surface area contributed by atoms with Gasteiger partial charge in [-0.3, -0.25) is 19.2 Å². The van der Waals surface area contributed by atoms with Crippen molar-refractivity contribution < 1.29 is 77.3 Å². The maximum atomic E-state index is 15.1. The molecule has 17 heteroatoms. The number of aliphatic carboxylic acids is 1. The van der Waals surface area contributed by atoms with Crippen LogP contribution in [-0.2, 0) is 52.4 Å². The predicted octanol–water partition coefficient (Wildman–Crippen LogP) is 4.29. The maximum absolute atomic E-state index is 15.1. The Morgan fingerprint density at radius 1 is 0.938 bits per heavy atom. The number of hydrogen-bond donors (Lipinski definition) is 4. The molecule has 348 valence electrons. The zero-order valence-corrected chi connectivity index (χ0v) is 37.4. The van der Waals surface area contributed by atoms with E-state index in [0.717, 1.165) is 0 Å². The van der Waals surface area contributed by atoms with Gasteiger partial charge < -0.3 is 49.1 Å². The molecular formula is C47H59NO16. The molecule has 3 unspecified atom stereocenters. The number of carbonyl (C=O) groups is 7. The van der Waals surface area contributed by atoms with E-state index in [2.05, 4.69) is 5.32 Å². The average molecular weight is 894 g/mol. The third-order valence-corrected chi connectivity index (χ3v) is 13.7. The second-order valence-corrected chi connectivity index (χ2v) is 19.1. The molecule has 64 heavy (non-hydrogen) atoms. The Hall–Kier alpha value is -5.23. The summed E-state index contributed by atoms with van der Waals surface area (Å²) in [5.41, 5.74) is -8.04. The SMILES string of the molecule is CCO[C@@]12CO[C@@H]1C[C@H](O)[C@@]1(C)C(=O)C(=O)C3C(C)[C@@H](OC(=O)[C@H](OC(=O)CCC(=O)O)[C@@H](NC(=O)OC(C)(C)C)c4ccccc4)C[C@@](O)([C@@H](OC(=O)c4ccccc4)C12)C3(C)C. The maximum Gasteiger partial charge on any atom is 0.408 e. The van der Waals surface area contributed by atoms with Gasteiger partial charge in [0.1, 0.15) is 35.1 Å². The summed E-state index contributed by atoms with van der Waals surface area (Å²) in [6, 6.07) is 14.4. The highest BCUT2D eigenvalue weighted by atomic mass is 16.6. The Balaban J connectivity index is 1.49. The molecule has 3 aliphatic carbocycles. The summed E-state index contributed by atoms with van der Waals surface area (Å²) in [6.07, 6.45) is -10.5. The molecule has 4 aliphatic rings. The number of esters is 3. The molecule has 0 radical (unpaired) electrons. The molecule has 1 saturated heterocycles. The Morgan fingerprint density at radius 3 is 2.12 bits per heavy atom. The molecule has 3 saturated carbocycles. The van der Waals surface area contributed by atoms with Crippen LogP contribution in [0.5, 0.6) is 0 Å². The van der Waals surface area contributed by atoms with E-state index < -0.39 is 143 Å². The lowest BCUT2D eigenvalue weighted by atomic mass is 9.42. The van der Waals surface area contributed by atoms with Crippen LogP contribution in [0, 0.1) is 28.6 Å². The number of rotatable bonds is 13. The number of nitrogens with one attached hydrogen (secondary N) is 1. The van der Waals surface area contributed by atoms with Crippen molar-refractivity contribution in [2.24, 2.45) is 28.6 Å². The fourth-order valence-electron chi connectivity index (χ4n) is 10.4. The summed E-state index contributed by atoms with van der Waals surface area (Å²) in [7, 11) is 0. The van der Waals surface area contributed by atoms with Crippen molar-refractivity contribution >= 4 is 41.5 Å². The molecule has 2 aromatic rings. The van der Waals surface area contributed by atoms with Crippen LogP contribution in [0.15, 0.2) is 60.7 Å². The van der Waals surface area contributed by atoms with Gasteiger partial charge in [0, 0.05) is 42.6 Å². The quantitative estimate of drug-likeness (QED) is 0.124. The fourth-order valence-corrected chi connectivity index (χ4v) is 10.4. The monoisotopic (exact) mass is 893 g/mol. The Labute approximate surface area is 371 Å². The number of carboxylic acid groups (broad SMARTS) is 1. The van der Waals surface area contributed by atoms with Crippen LogP contribution in [0.3, 0.4) is 0 Å². The molecule has 12 atom stereocenters. The van der Waals surface area contributed by atoms with Crippen LogP contribution < -0.4 is 5.32 Å². The number of carboxylic acids is 1. The summed E-state index contributed by atoms with van der Waals surface area (Å²) in [4.78, 5) is 97.2. The van der Waals surface area contributed by atoms with E-state index in [9.17, 15) is 44.1 Å². The molecule has 17 nitrogen and oxygen atoms in total. The highest BCUT2D eigenvalue weighted by Crippen LogP contribution is 2.64. The summed E-state index contributed by atoms with van der Waals surface area (Å²) in [6.45, 7) is 12.6. The van der Waals surface area contributed by atoms with Crippen molar-refractivity contribution in [1.82, 2.24) is 5.32 Å². The van der Waals surface area contributed by atoms with Crippen molar-refractivity contribution in [3.8, 4) is 0 Å². The minimum atomic E-state index is -2.34. The number of ketones is 2. The van der Waals surface area contributed by atoms with E-state index in [1.54, 1.807) is 84.9 Å². The van der Waals surface area contributed by atoms with Crippen molar-refractivity contribution in [3.05, 3.63) is 71.8 Å². The number of aliphatic hydroxyl groups is 2. The van der Waals surface area contributed by atoms with E-state index in [1.807, 2.05) is 0 Å². The average Bonchev–Trinajstić information content (AvgIpc) is 3.22. The minimum absolute atomic E-state index is 0.0816. The number of aliphatic hydroxyl groups excluding tert-OH is 1. The van der Waals surface area contributed by atoms with Gasteiger partial charge in [-0.25, -0.2) is 14.4 Å². The van der Waals surface area contributed by atoms with Gasteiger partial charge in [-0.2, -0.15) is 0 Å². The number of fused-ring (bicyclic) bond motifs is 5. The van der Waals surface area contributed by atoms with Crippen LogP contribution in [0.4, 0.5) is 4.79 Å². The van der Waals surface area contributed by atoms with Crippen LogP contribution in [0.25, 0.3) is 0 Å². The largest absolute Gasteiger partial charge is 0.481 e. The van der Waals surface area contributed by atoms with E-state index in [1.165, 1.54) is 31.2 Å². The smallest absolute Gasteiger partial charge is 0.408 e. The first-order valence-corrected chi connectivity index (χ1v) is 21.6. The summed E-state index contributed by atoms with van der Waals surface area (Å²) in [5, 5.41) is 37.5. The molecule has 4 fully saturated rings. The van der Waals surface area contributed by atoms with Gasteiger partial charge in [0.25, 0.3) is 0 Å². The second kappa shape index (κ2) is 18.0. The number of amides is 1. The van der Waals surface area contributed by atoms with Gasteiger partial charge in [0.15, 0.2) is 0 Å². The number of Topliss-reactive ketones (excluding diaryl/α,β-unsaturated/α-hetero) is 2. The highest BCUT2D eigenvalue weighted by Gasteiger charge is 2.78. The molecule has 0 aromatic heterocycles. The number of hydrogen-bond acceptors (Lipinski definition) is 15. The minimum Gasteiger partial charge on any atom is -0.481 e. The molecule has 1 amide bonds. The van der Waals surface area contributed by atoms with Gasteiger partial charge in [-0.15, -0.1) is 0 Å². The fraction of sp³-hybridized carbons (Fsp3) is 0.596. The summed E-state index contributed by atoms with van der Waals surface area (Å²) in [5.74, 6) is -10.4. The lowest BCUT2D eigenvalue weighted by molar-refractivity contribution is -0.359. The third-order valence-electron chi connectivity index (χ3n) is 13.7. The molecule has 2 bridgehead atoms.